The second-order valence-electron chi connectivity index (χ2n) is 3.53. The molecule has 5 N–H and O–H groups in total. The van der Waals surface area contributed by atoms with Crippen LogP contribution in [0.1, 0.15) is 21.5 Å². The smallest absolute Gasteiger partial charge is 0.265 e. The number of carbonyl (C=O) groups is 1. The molecular weight excluding hydrogens is 192 g/mol. The number of benzene rings is 1. The summed E-state index contributed by atoms with van der Waals surface area (Å²) in [6.07, 6.45) is 0. The summed E-state index contributed by atoms with van der Waals surface area (Å²) in [6.45, 7) is 2.59. The molecule has 5 heteroatoms. The monoisotopic (exact) mass is 208 g/mol. The maximum Gasteiger partial charge on any atom is 0.265 e. The van der Waals surface area contributed by atoms with E-state index >= 15 is 0 Å². The molecule has 0 saturated heterocycles. The number of hydrazine groups is 2. The Kier molecular flexibility index (Phi) is 3.79. The van der Waals surface area contributed by atoms with Crippen LogP contribution in [0.5, 0.6) is 0 Å². The first-order valence-corrected chi connectivity index (χ1v) is 4.61. The Morgan fingerprint density at radius 3 is 2.67 bits per heavy atom. The van der Waals surface area contributed by atoms with Gasteiger partial charge in [0.15, 0.2) is 0 Å². The lowest BCUT2D eigenvalue weighted by Crippen LogP contribution is -2.30. The van der Waals surface area contributed by atoms with Crippen LogP contribution < -0.4 is 17.1 Å². The van der Waals surface area contributed by atoms with Gasteiger partial charge in [-0.1, -0.05) is 6.07 Å². The molecule has 0 heterocycles. The Labute approximate surface area is 89.0 Å². The van der Waals surface area contributed by atoms with Gasteiger partial charge in [0.1, 0.15) is 0 Å². The Hall–Kier alpha value is -1.43. The molecule has 0 radical (unpaired) electrons. The molecule has 15 heavy (non-hydrogen) atoms. The van der Waals surface area contributed by atoms with Crippen molar-refractivity contribution in [1.82, 2.24) is 10.4 Å². The summed E-state index contributed by atoms with van der Waals surface area (Å²) < 4.78 is 0. The van der Waals surface area contributed by atoms with Crippen molar-refractivity contribution in [3.8, 4) is 0 Å². The second-order valence-corrected chi connectivity index (χ2v) is 3.53. The molecule has 0 aromatic heterocycles. The predicted molar refractivity (Wildman–Crippen MR) is 58.5 cm³/mol. The molecule has 1 rings (SSSR count). The van der Waals surface area contributed by atoms with Crippen LogP contribution in [0, 0.1) is 6.92 Å². The maximum absolute atomic E-state index is 11.2. The number of hydrogen-bond donors (Lipinski definition) is 3. The summed E-state index contributed by atoms with van der Waals surface area (Å²) in [5.41, 5.74) is 4.76. The third-order valence-corrected chi connectivity index (χ3v) is 2.16. The van der Waals surface area contributed by atoms with Crippen LogP contribution in [0.25, 0.3) is 0 Å². The number of nitrogens with zero attached hydrogens (tertiary/aromatic N) is 1. The van der Waals surface area contributed by atoms with Crippen molar-refractivity contribution in [3.05, 3.63) is 34.9 Å². The summed E-state index contributed by atoms with van der Waals surface area (Å²) in [5.74, 6) is 10.3. The number of nitrogens with two attached hydrogens (primary N) is 2. The van der Waals surface area contributed by atoms with Gasteiger partial charge < -0.3 is 0 Å². The van der Waals surface area contributed by atoms with Gasteiger partial charge in [-0.15, -0.1) is 0 Å². The van der Waals surface area contributed by atoms with Crippen molar-refractivity contribution in [3.63, 3.8) is 0 Å². The van der Waals surface area contributed by atoms with E-state index in [2.05, 4.69) is 5.43 Å². The van der Waals surface area contributed by atoms with Gasteiger partial charge in [-0.05, 0) is 30.2 Å². The fourth-order valence-electron chi connectivity index (χ4n) is 1.37. The third kappa shape index (κ3) is 3.02. The molecule has 0 aliphatic carbocycles. The minimum absolute atomic E-state index is 0.286. The average Bonchev–Trinajstić information content (AvgIpc) is 2.19. The van der Waals surface area contributed by atoms with E-state index in [1.165, 1.54) is 0 Å². The highest BCUT2D eigenvalue weighted by Crippen LogP contribution is 2.12. The number of rotatable bonds is 3. The van der Waals surface area contributed by atoms with Crippen molar-refractivity contribution >= 4 is 5.91 Å². The van der Waals surface area contributed by atoms with Crippen LogP contribution in [0.4, 0.5) is 0 Å². The molecule has 0 bridgehead atoms. The highest BCUT2D eigenvalue weighted by atomic mass is 16.2. The zero-order valence-electron chi connectivity index (χ0n) is 8.95. The van der Waals surface area contributed by atoms with Crippen molar-refractivity contribution < 1.29 is 4.79 Å². The molecule has 0 fully saturated rings. The Balaban J connectivity index is 2.93. The van der Waals surface area contributed by atoms with Crippen LogP contribution >= 0.6 is 0 Å². The molecule has 0 unspecified atom stereocenters. The van der Waals surface area contributed by atoms with Crippen LogP contribution in [-0.2, 0) is 6.54 Å². The van der Waals surface area contributed by atoms with Gasteiger partial charge in [-0.3, -0.25) is 16.1 Å². The van der Waals surface area contributed by atoms with Gasteiger partial charge in [0.05, 0.1) is 0 Å². The van der Waals surface area contributed by atoms with Crippen LogP contribution in [0.3, 0.4) is 0 Å². The van der Waals surface area contributed by atoms with Gasteiger partial charge >= 0.3 is 0 Å². The van der Waals surface area contributed by atoms with Gasteiger partial charge in [0.25, 0.3) is 5.91 Å². The van der Waals surface area contributed by atoms with Gasteiger partial charge in [0, 0.05) is 19.2 Å². The summed E-state index contributed by atoms with van der Waals surface area (Å²) in [7, 11) is 1.79. The zero-order valence-corrected chi connectivity index (χ0v) is 8.95. The van der Waals surface area contributed by atoms with Gasteiger partial charge in [-0.2, -0.15) is 0 Å². The van der Waals surface area contributed by atoms with Crippen LogP contribution in [0.15, 0.2) is 18.2 Å². The van der Waals surface area contributed by atoms with Crippen molar-refractivity contribution in [2.75, 3.05) is 7.05 Å². The largest absolute Gasteiger partial charge is 0.290 e. The summed E-state index contributed by atoms with van der Waals surface area (Å²) in [5, 5.41) is 1.59. The third-order valence-electron chi connectivity index (χ3n) is 2.16. The Morgan fingerprint density at radius 2 is 2.20 bits per heavy atom. The molecule has 0 spiro atoms. The normalized spacial score (nSPS) is 10.5. The van der Waals surface area contributed by atoms with E-state index in [4.69, 9.17) is 11.7 Å². The number of nitrogens with one attached hydrogen (secondary N) is 1. The first kappa shape index (κ1) is 11.6. The lowest BCUT2D eigenvalue weighted by atomic mass is 10.0. The molecule has 1 aromatic rings. The van der Waals surface area contributed by atoms with E-state index in [0.717, 1.165) is 11.1 Å². The highest BCUT2D eigenvalue weighted by molar-refractivity contribution is 5.93. The van der Waals surface area contributed by atoms with E-state index in [0.29, 0.717) is 12.1 Å². The minimum Gasteiger partial charge on any atom is -0.290 e. The average molecular weight is 208 g/mol. The van der Waals surface area contributed by atoms with E-state index < -0.39 is 0 Å². The predicted octanol–water partition coefficient (Wildman–Crippen LogP) is -0.0960. The number of carbonyl (C=O) groups excluding carboxylic acids is 1. The molecular formula is C10H16N4O. The first-order chi connectivity index (χ1) is 7.04. The fraction of sp³-hybridized carbons (Fsp3) is 0.300. The molecule has 0 saturated carbocycles. The summed E-state index contributed by atoms with van der Waals surface area (Å²) in [4.78, 5) is 11.2. The molecule has 0 atom stereocenters. The summed E-state index contributed by atoms with van der Waals surface area (Å²) in [6, 6.07) is 5.40. The van der Waals surface area contributed by atoms with Gasteiger partial charge in [-0.25, -0.2) is 10.9 Å². The lowest BCUT2D eigenvalue weighted by Gasteiger charge is -2.12. The maximum atomic E-state index is 11.2. The second kappa shape index (κ2) is 4.88. The molecule has 0 aliphatic rings. The van der Waals surface area contributed by atoms with E-state index in [-0.39, 0.29) is 5.91 Å². The molecule has 5 nitrogen and oxygen atoms in total. The summed E-state index contributed by atoms with van der Waals surface area (Å²) >= 11 is 0. The van der Waals surface area contributed by atoms with Crippen LogP contribution in [0.2, 0.25) is 0 Å². The van der Waals surface area contributed by atoms with Crippen LogP contribution in [-0.4, -0.2) is 18.0 Å². The number of hydrogen-bond acceptors (Lipinski definition) is 4. The highest BCUT2D eigenvalue weighted by Gasteiger charge is 2.06. The lowest BCUT2D eigenvalue weighted by molar-refractivity contribution is 0.0953. The van der Waals surface area contributed by atoms with Crippen molar-refractivity contribution in [2.24, 2.45) is 11.7 Å². The minimum atomic E-state index is -0.286. The van der Waals surface area contributed by atoms with Crippen molar-refractivity contribution in [2.45, 2.75) is 13.5 Å². The Morgan fingerprint density at radius 1 is 1.53 bits per heavy atom. The van der Waals surface area contributed by atoms with Gasteiger partial charge in [0.2, 0.25) is 0 Å². The molecule has 1 amide bonds. The van der Waals surface area contributed by atoms with E-state index in [9.17, 15) is 4.79 Å². The first-order valence-electron chi connectivity index (χ1n) is 4.61. The SMILES string of the molecule is Cc1cc(C(=O)NN)ccc1CN(C)N. The molecule has 82 valence electrons. The quantitative estimate of drug-likeness (QED) is 0.368. The standard InChI is InChI=1S/C10H16N4O/c1-7-5-8(10(15)13-11)3-4-9(7)6-14(2)12/h3-5H,6,11-12H2,1-2H3,(H,13,15). The topological polar surface area (TPSA) is 84.4 Å². The Bertz CT molecular complexity index is 362. The number of amides is 1. The number of nitrogen functional groups attached to an aromatic ring is 1. The molecule has 0 aliphatic heterocycles. The zero-order chi connectivity index (χ0) is 11.4. The fourth-order valence-corrected chi connectivity index (χ4v) is 1.37. The van der Waals surface area contributed by atoms with E-state index in [1.54, 1.807) is 24.2 Å². The number of aryl methyl sites for hydroxylation is 1. The van der Waals surface area contributed by atoms with Crippen molar-refractivity contribution in [1.29, 1.82) is 0 Å². The van der Waals surface area contributed by atoms with E-state index in [1.807, 2.05) is 13.0 Å². The molecule has 1 aromatic carbocycles.